The summed E-state index contributed by atoms with van der Waals surface area (Å²) in [5.74, 6) is 1.79. The summed E-state index contributed by atoms with van der Waals surface area (Å²) in [6.45, 7) is 6.53. The lowest BCUT2D eigenvalue weighted by atomic mass is 9.79. The zero-order valence-electron chi connectivity index (χ0n) is 10.00. The fraction of sp³-hybridized carbons (Fsp3) is 1.00. The van der Waals surface area contributed by atoms with E-state index in [0.29, 0.717) is 6.04 Å². The highest BCUT2D eigenvalue weighted by Crippen LogP contribution is 2.31. The largest absolute Gasteiger partial charge is 0.329 e. The van der Waals surface area contributed by atoms with Crippen molar-refractivity contribution in [3.05, 3.63) is 0 Å². The van der Waals surface area contributed by atoms with Gasteiger partial charge < -0.3 is 10.6 Å². The van der Waals surface area contributed by atoms with Gasteiger partial charge >= 0.3 is 0 Å². The van der Waals surface area contributed by atoms with Crippen LogP contribution in [0.5, 0.6) is 0 Å². The molecule has 14 heavy (non-hydrogen) atoms. The number of rotatable bonds is 4. The van der Waals surface area contributed by atoms with E-state index in [1.54, 1.807) is 0 Å². The Bertz CT molecular complexity index is 150. The van der Waals surface area contributed by atoms with Crippen molar-refractivity contribution in [1.82, 2.24) is 4.90 Å². The maximum absolute atomic E-state index is 5.87. The molecule has 84 valence electrons. The van der Waals surface area contributed by atoms with Gasteiger partial charge in [-0.2, -0.15) is 0 Å². The van der Waals surface area contributed by atoms with Gasteiger partial charge in [0.25, 0.3) is 0 Å². The molecule has 0 saturated heterocycles. The van der Waals surface area contributed by atoms with E-state index < -0.39 is 0 Å². The van der Waals surface area contributed by atoms with Crippen molar-refractivity contribution in [2.45, 2.75) is 45.6 Å². The molecule has 0 aromatic carbocycles. The molecule has 0 radical (unpaired) electrons. The van der Waals surface area contributed by atoms with Gasteiger partial charge in [-0.1, -0.05) is 26.7 Å². The summed E-state index contributed by atoms with van der Waals surface area (Å²) in [5, 5.41) is 0. The molecule has 0 amide bonds. The van der Waals surface area contributed by atoms with Gasteiger partial charge in [-0.15, -0.1) is 0 Å². The van der Waals surface area contributed by atoms with Crippen molar-refractivity contribution in [1.29, 1.82) is 0 Å². The summed E-state index contributed by atoms with van der Waals surface area (Å²) in [4.78, 5) is 2.42. The van der Waals surface area contributed by atoms with Crippen LogP contribution in [0, 0.1) is 11.8 Å². The van der Waals surface area contributed by atoms with E-state index in [9.17, 15) is 0 Å². The van der Waals surface area contributed by atoms with Gasteiger partial charge in [0.2, 0.25) is 0 Å². The molecule has 1 aliphatic rings. The third-order valence-corrected chi connectivity index (χ3v) is 3.91. The van der Waals surface area contributed by atoms with Gasteiger partial charge in [-0.3, -0.25) is 0 Å². The van der Waals surface area contributed by atoms with Crippen LogP contribution < -0.4 is 5.73 Å². The van der Waals surface area contributed by atoms with Crippen molar-refractivity contribution in [2.75, 3.05) is 20.1 Å². The van der Waals surface area contributed by atoms with Gasteiger partial charge in [-0.25, -0.2) is 0 Å². The predicted octanol–water partition coefficient (Wildman–Crippen LogP) is 2.09. The predicted molar refractivity (Wildman–Crippen MR) is 62.3 cm³/mol. The second kappa shape index (κ2) is 5.72. The molecule has 0 spiro atoms. The second-order valence-electron chi connectivity index (χ2n) is 4.90. The molecular weight excluding hydrogens is 172 g/mol. The van der Waals surface area contributed by atoms with E-state index in [4.69, 9.17) is 5.73 Å². The minimum Gasteiger partial charge on any atom is -0.329 e. The summed E-state index contributed by atoms with van der Waals surface area (Å²) < 4.78 is 0. The Balaban J connectivity index is 2.44. The Kier molecular flexibility index (Phi) is 4.90. The van der Waals surface area contributed by atoms with Crippen LogP contribution in [0.2, 0.25) is 0 Å². The van der Waals surface area contributed by atoms with Gasteiger partial charge in [0.05, 0.1) is 0 Å². The maximum atomic E-state index is 5.87. The summed E-state index contributed by atoms with van der Waals surface area (Å²) in [5.41, 5.74) is 5.87. The van der Waals surface area contributed by atoms with Crippen LogP contribution >= 0.6 is 0 Å². The number of hydrogen-bond acceptors (Lipinski definition) is 2. The van der Waals surface area contributed by atoms with E-state index in [1.807, 2.05) is 0 Å². The average molecular weight is 198 g/mol. The maximum Gasteiger partial charge on any atom is 0.0243 e. The molecule has 2 nitrogen and oxygen atoms in total. The highest BCUT2D eigenvalue weighted by Gasteiger charge is 2.26. The van der Waals surface area contributed by atoms with Crippen LogP contribution in [0.25, 0.3) is 0 Å². The van der Waals surface area contributed by atoms with Crippen LogP contribution in [0.1, 0.15) is 39.5 Å². The van der Waals surface area contributed by atoms with Gasteiger partial charge in [0.1, 0.15) is 0 Å². The molecule has 0 aromatic heterocycles. The van der Waals surface area contributed by atoms with Crippen LogP contribution in [-0.4, -0.2) is 31.1 Å². The number of hydrogen-bond donors (Lipinski definition) is 1. The van der Waals surface area contributed by atoms with Crippen molar-refractivity contribution in [3.8, 4) is 0 Å². The van der Waals surface area contributed by atoms with E-state index in [1.165, 1.54) is 25.7 Å². The van der Waals surface area contributed by atoms with Crippen LogP contribution in [-0.2, 0) is 0 Å². The molecule has 0 aliphatic heterocycles. The van der Waals surface area contributed by atoms with Crippen molar-refractivity contribution >= 4 is 0 Å². The zero-order valence-corrected chi connectivity index (χ0v) is 10.00. The smallest absolute Gasteiger partial charge is 0.0243 e. The van der Waals surface area contributed by atoms with Crippen molar-refractivity contribution < 1.29 is 0 Å². The number of nitrogens with two attached hydrogens (primary N) is 1. The number of likely N-dealkylation sites (N-methyl/N-ethyl adjacent to an activating group) is 1. The van der Waals surface area contributed by atoms with Gasteiger partial charge in [0.15, 0.2) is 0 Å². The molecular formula is C12H26N2. The summed E-state index contributed by atoms with van der Waals surface area (Å²) in [6.07, 6.45) is 5.57. The summed E-state index contributed by atoms with van der Waals surface area (Å²) in [7, 11) is 2.20. The van der Waals surface area contributed by atoms with Crippen molar-refractivity contribution in [2.24, 2.45) is 17.6 Å². The first-order chi connectivity index (χ1) is 6.69. The van der Waals surface area contributed by atoms with E-state index in [2.05, 4.69) is 25.8 Å². The molecule has 2 N–H and O–H groups in total. The Hall–Kier alpha value is -0.0800. The molecule has 1 atom stereocenters. The fourth-order valence-corrected chi connectivity index (χ4v) is 2.64. The molecule has 2 heteroatoms. The van der Waals surface area contributed by atoms with Crippen LogP contribution in [0.3, 0.4) is 0 Å². The Morgan fingerprint density at radius 1 is 1.29 bits per heavy atom. The number of nitrogens with zero attached hydrogens (tertiary/aromatic N) is 1. The van der Waals surface area contributed by atoms with E-state index in [0.717, 1.165) is 24.9 Å². The normalized spacial score (nSPS) is 30.6. The molecule has 0 bridgehead atoms. The van der Waals surface area contributed by atoms with Gasteiger partial charge in [-0.05, 0) is 38.3 Å². The molecule has 0 aromatic rings. The van der Waals surface area contributed by atoms with Gasteiger partial charge in [0, 0.05) is 12.6 Å². The Morgan fingerprint density at radius 2 is 1.86 bits per heavy atom. The third kappa shape index (κ3) is 2.96. The van der Waals surface area contributed by atoms with Crippen LogP contribution in [0.15, 0.2) is 0 Å². The molecule has 1 rings (SSSR count). The minimum absolute atomic E-state index is 0.618. The fourth-order valence-electron chi connectivity index (χ4n) is 2.64. The first kappa shape index (κ1) is 12.0. The molecule has 1 saturated carbocycles. The SMILES string of the molecule is CCN(C)C(CN)C1CCC(C)CC1. The quantitative estimate of drug-likeness (QED) is 0.749. The first-order valence-corrected chi connectivity index (χ1v) is 6.09. The lowest BCUT2D eigenvalue weighted by Gasteiger charge is -2.37. The molecule has 1 aliphatic carbocycles. The average Bonchev–Trinajstić information content (AvgIpc) is 2.21. The van der Waals surface area contributed by atoms with E-state index >= 15 is 0 Å². The van der Waals surface area contributed by atoms with E-state index in [-0.39, 0.29) is 0 Å². The molecule has 0 heterocycles. The molecule has 1 unspecified atom stereocenters. The zero-order chi connectivity index (χ0) is 10.6. The lowest BCUT2D eigenvalue weighted by Crippen LogP contribution is -2.44. The Labute approximate surface area is 88.8 Å². The Morgan fingerprint density at radius 3 is 2.29 bits per heavy atom. The highest BCUT2D eigenvalue weighted by molar-refractivity contribution is 4.82. The third-order valence-electron chi connectivity index (χ3n) is 3.91. The molecule has 1 fully saturated rings. The summed E-state index contributed by atoms with van der Waals surface area (Å²) in [6, 6.07) is 0.618. The first-order valence-electron chi connectivity index (χ1n) is 6.09. The minimum atomic E-state index is 0.618. The summed E-state index contributed by atoms with van der Waals surface area (Å²) >= 11 is 0. The monoisotopic (exact) mass is 198 g/mol. The second-order valence-corrected chi connectivity index (χ2v) is 4.90. The lowest BCUT2D eigenvalue weighted by molar-refractivity contribution is 0.140. The topological polar surface area (TPSA) is 29.3 Å². The van der Waals surface area contributed by atoms with Crippen LogP contribution in [0.4, 0.5) is 0 Å². The standard InChI is InChI=1S/C12H26N2/c1-4-14(3)12(9-13)11-7-5-10(2)6-8-11/h10-12H,4-9,13H2,1-3H3. The van der Waals surface area contributed by atoms with Crippen molar-refractivity contribution in [3.63, 3.8) is 0 Å². The highest BCUT2D eigenvalue weighted by atomic mass is 15.1.